The molecule has 17 heavy (non-hydrogen) atoms. The minimum atomic E-state index is -0.0686. The lowest BCUT2D eigenvalue weighted by Gasteiger charge is -2.20. The van der Waals surface area contributed by atoms with E-state index in [1.165, 1.54) is 0 Å². The Bertz CT molecular complexity index is 420. The molecular weight excluding hydrogens is 234 g/mol. The standard InChI is InChI=1S/C12H17N3OS/c1-9-5-4-6-10(7-9)14-12(17)15(3)8-11(16)13-2/h4-7H,8H2,1-3H3,(H,13,16)(H,14,17). The maximum absolute atomic E-state index is 11.2. The third-order valence-corrected chi connectivity index (χ3v) is 2.69. The molecule has 0 heterocycles. The van der Waals surface area contributed by atoms with Crippen molar-refractivity contribution in [2.75, 3.05) is 26.0 Å². The molecule has 1 aromatic carbocycles. The van der Waals surface area contributed by atoms with Gasteiger partial charge >= 0.3 is 0 Å². The predicted octanol–water partition coefficient (Wildman–Crippen LogP) is 1.37. The van der Waals surface area contributed by atoms with Crippen LogP contribution in [0.3, 0.4) is 0 Å². The van der Waals surface area contributed by atoms with Crippen molar-refractivity contribution in [3.8, 4) is 0 Å². The monoisotopic (exact) mass is 251 g/mol. The number of thiocarbonyl (C=S) groups is 1. The number of aryl methyl sites for hydroxylation is 1. The minimum absolute atomic E-state index is 0.0686. The van der Waals surface area contributed by atoms with Crippen molar-refractivity contribution < 1.29 is 4.79 Å². The largest absolute Gasteiger partial charge is 0.358 e. The molecule has 4 nitrogen and oxygen atoms in total. The van der Waals surface area contributed by atoms with Gasteiger partial charge in [0.05, 0.1) is 6.54 Å². The van der Waals surface area contributed by atoms with Crippen molar-refractivity contribution in [1.29, 1.82) is 0 Å². The summed E-state index contributed by atoms with van der Waals surface area (Å²) >= 11 is 5.20. The van der Waals surface area contributed by atoms with Crippen LogP contribution in [0.1, 0.15) is 5.56 Å². The van der Waals surface area contributed by atoms with E-state index in [0.29, 0.717) is 5.11 Å². The summed E-state index contributed by atoms with van der Waals surface area (Å²) in [4.78, 5) is 12.9. The summed E-state index contributed by atoms with van der Waals surface area (Å²) in [5, 5.41) is 6.17. The number of likely N-dealkylation sites (N-methyl/N-ethyl adjacent to an activating group) is 2. The molecule has 0 bridgehead atoms. The highest BCUT2D eigenvalue weighted by molar-refractivity contribution is 7.80. The van der Waals surface area contributed by atoms with E-state index < -0.39 is 0 Å². The highest BCUT2D eigenvalue weighted by Crippen LogP contribution is 2.10. The van der Waals surface area contributed by atoms with Crippen molar-refractivity contribution in [2.45, 2.75) is 6.92 Å². The zero-order valence-corrected chi connectivity index (χ0v) is 11.1. The Balaban J connectivity index is 2.57. The van der Waals surface area contributed by atoms with Crippen LogP contribution in [0.15, 0.2) is 24.3 Å². The van der Waals surface area contributed by atoms with E-state index >= 15 is 0 Å². The maximum Gasteiger partial charge on any atom is 0.239 e. The van der Waals surface area contributed by atoms with E-state index in [-0.39, 0.29) is 12.5 Å². The lowest BCUT2D eigenvalue weighted by atomic mass is 10.2. The SMILES string of the molecule is CNC(=O)CN(C)C(=S)Nc1cccc(C)c1. The molecular formula is C12H17N3OS. The zero-order chi connectivity index (χ0) is 12.8. The molecule has 2 N–H and O–H groups in total. The predicted molar refractivity (Wildman–Crippen MR) is 74.1 cm³/mol. The van der Waals surface area contributed by atoms with Gasteiger partial charge in [-0.15, -0.1) is 0 Å². The number of benzene rings is 1. The normalized spacial score (nSPS) is 9.59. The van der Waals surface area contributed by atoms with Crippen LogP contribution >= 0.6 is 12.2 Å². The lowest BCUT2D eigenvalue weighted by molar-refractivity contribution is -0.120. The molecule has 0 aliphatic heterocycles. The van der Waals surface area contributed by atoms with Gasteiger partial charge in [0.1, 0.15) is 0 Å². The van der Waals surface area contributed by atoms with Gasteiger partial charge in [-0.25, -0.2) is 0 Å². The number of carbonyl (C=O) groups excluding carboxylic acids is 1. The first-order chi connectivity index (χ1) is 8.02. The molecule has 0 fully saturated rings. The van der Waals surface area contributed by atoms with Gasteiger partial charge in [0.2, 0.25) is 5.91 Å². The summed E-state index contributed by atoms with van der Waals surface area (Å²) in [6.45, 7) is 2.26. The molecule has 0 radical (unpaired) electrons. The van der Waals surface area contributed by atoms with Crippen molar-refractivity contribution in [1.82, 2.24) is 10.2 Å². The van der Waals surface area contributed by atoms with Crippen molar-refractivity contribution in [3.63, 3.8) is 0 Å². The number of anilines is 1. The number of nitrogens with one attached hydrogen (secondary N) is 2. The fourth-order valence-corrected chi connectivity index (χ4v) is 1.49. The zero-order valence-electron chi connectivity index (χ0n) is 10.3. The summed E-state index contributed by atoms with van der Waals surface area (Å²) in [6, 6.07) is 7.91. The average Bonchev–Trinajstić information content (AvgIpc) is 2.28. The van der Waals surface area contributed by atoms with Crippen molar-refractivity contribution in [2.24, 2.45) is 0 Å². The Kier molecular flexibility index (Phi) is 4.90. The van der Waals surface area contributed by atoms with Gasteiger partial charge in [-0.1, -0.05) is 12.1 Å². The van der Waals surface area contributed by atoms with E-state index in [9.17, 15) is 4.79 Å². The number of hydrogen-bond acceptors (Lipinski definition) is 2. The third kappa shape index (κ3) is 4.40. The molecule has 1 amide bonds. The molecule has 0 aliphatic carbocycles. The first-order valence-electron chi connectivity index (χ1n) is 5.32. The quantitative estimate of drug-likeness (QED) is 0.796. The van der Waals surface area contributed by atoms with Gasteiger partial charge in [0.25, 0.3) is 0 Å². The highest BCUT2D eigenvalue weighted by atomic mass is 32.1. The Labute approximate surface area is 107 Å². The van der Waals surface area contributed by atoms with Gasteiger partial charge < -0.3 is 15.5 Å². The second-order valence-corrected chi connectivity index (χ2v) is 4.22. The molecule has 0 saturated carbocycles. The molecule has 0 spiro atoms. The summed E-state index contributed by atoms with van der Waals surface area (Å²) in [5.41, 5.74) is 2.09. The fourth-order valence-electron chi connectivity index (χ4n) is 1.31. The van der Waals surface area contributed by atoms with E-state index in [0.717, 1.165) is 11.3 Å². The molecule has 1 aromatic rings. The molecule has 0 saturated heterocycles. The van der Waals surface area contributed by atoms with Crippen LogP contribution in [-0.4, -0.2) is 36.6 Å². The van der Waals surface area contributed by atoms with E-state index in [4.69, 9.17) is 12.2 Å². The Hall–Kier alpha value is -1.62. The Morgan fingerprint density at radius 3 is 2.76 bits per heavy atom. The van der Waals surface area contributed by atoms with Crippen LogP contribution in [0.2, 0.25) is 0 Å². The van der Waals surface area contributed by atoms with Gasteiger partial charge in [-0.2, -0.15) is 0 Å². The molecule has 0 atom stereocenters. The fraction of sp³-hybridized carbons (Fsp3) is 0.333. The molecule has 1 rings (SSSR count). The number of amides is 1. The Morgan fingerprint density at radius 1 is 1.47 bits per heavy atom. The summed E-state index contributed by atoms with van der Waals surface area (Å²) in [6.07, 6.45) is 0. The minimum Gasteiger partial charge on any atom is -0.358 e. The van der Waals surface area contributed by atoms with Crippen LogP contribution < -0.4 is 10.6 Å². The second-order valence-electron chi connectivity index (χ2n) is 3.83. The molecule has 0 aliphatic rings. The molecule has 5 heteroatoms. The molecule has 0 aromatic heterocycles. The average molecular weight is 251 g/mol. The summed E-state index contributed by atoms with van der Waals surface area (Å²) in [7, 11) is 3.38. The summed E-state index contributed by atoms with van der Waals surface area (Å²) in [5.74, 6) is -0.0686. The van der Waals surface area contributed by atoms with Gasteiger partial charge in [0, 0.05) is 19.8 Å². The van der Waals surface area contributed by atoms with Crippen molar-refractivity contribution in [3.05, 3.63) is 29.8 Å². The number of carbonyl (C=O) groups is 1. The second kappa shape index (κ2) is 6.20. The topological polar surface area (TPSA) is 44.4 Å². The number of hydrogen-bond donors (Lipinski definition) is 2. The van der Waals surface area contributed by atoms with E-state index in [1.54, 1.807) is 19.0 Å². The third-order valence-electron chi connectivity index (χ3n) is 2.28. The molecule has 92 valence electrons. The molecule has 0 unspecified atom stereocenters. The first kappa shape index (κ1) is 13.4. The van der Waals surface area contributed by atoms with Crippen LogP contribution in [0, 0.1) is 6.92 Å². The highest BCUT2D eigenvalue weighted by Gasteiger charge is 2.08. The maximum atomic E-state index is 11.2. The van der Waals surface area contributed by atoms with Gasteiger partial charge in [0.15, 0.2) is 5.11 Å². The van der Waals surface area contributed by atoms with E-state index in [1.807, 2.05) is 31.2 Å². The van der Waals surface area contributed by atoms with Gasteiger partial charge in [-0.05, 0) is 36.8 Å². The van der Waals surface area contributed by atoms with Crippen molar-refractivity contribution >= 4 is 28.9 Å². The smallest absolute Gasteiger partial charge is 0.239 e. The number of rotatable bonds is 3. The van der Waals surface area contributed by atoms with Crippen LogP contribution in [0.25, 0.3) is 0 Å². The Morgan fingerprint density at radius 2 is 2.18 bits per heavy atom. The van der Waals surface area contributed by atoms with Crippen LogP contribution in [0.5, 0.6) is 0 Å². The van der Waals surface area contributed by atoms with Crippen LogP contribution in [-0.2, 0) is 4.79 Å². The summed E-state index contributed by atoms with van der Waals surface area (Å²) < 4.78 is 0. The van der Waals surface area contributed by atoms with E-state index in [2.05, 4.69) is 10.6 Å². The van der Waals surface area contributed by atoms with Crippen LogP contribution in [0.4, 0.5) is 5.69 Å². The van der Waals surface area contributed by atoms with Gasteiger partial charge in [-0.3, -0.25) is 4.79 Å². The number of nitrogens with zero attached hydrogens (tertiary/aromatic N) is 1. The lowest BCUT2D eigenvalue weighted by Crippen LogP contribution is -2.39. The first-order valence-corrected chi connectivity index (χ1v) is 5.73.